The molecule has 2 rings (SSSR count). The first-order valence-corrected chi connectivity index (χ1v) is 6.15. The third-order valence-electron chi connectivity index (χ3n) is 2.61. The van der Waals surface area contributed by atoms with Crippen LogP contribution in [0, 0.1) is 0 Å². The molecular formula is C15H16O5. The molecule has 0 aliphatic rings. The topological polar surface area (TPSA) is 79.2 Å². The van der Waals surface area contributed by atoms with Gasteiger partial charge < -0.3 is 24.8 Å². The quantitative estimate of drug-likeness (QED) is 0.730. The van der Waals surface area contributed by atoms with Crippen LogP contribution in [0.15, 0.2) is 48.5 Å². The Morgan fingerprint density at radius 1 is 0.800 bits per heavy atom. The number of aliphatic hydroxyl groups is 1. The van der Waals surface area contributed by atoms with E-state index in [1.807, 2.05) is 0 Å². The van der Waals surface area contributed by atoms with Crippen LogP contribution in [0.1, 0.15) is 6.92 Å². The molecule has 0 fully saturated rings. The van der Waals surface area contributed by atoms with Gasteiger partial charge in [0.15, 0.2) is 23.0 Å². The van der Waals surface area contributed by atoms with Gasteiger partial charge in [-0.3, -0.25) is 0 Å². The van der Waals surface area contributed by atoms with Crippen LogP contribution >= 0.6 is 0 Å². The Morgan fingerprint density at radius 2 is 1.20 bits per heavy atom. The van der Waals surface area contributed by atoms with Crippen molar-refractivity contribution in [2.24, 2.45) is 0 Å². The van der Waals surface area contributed by atoms with Crippen LogP contribution in [-0.2, 0) is 0 Å². The van der Waals surface area contributed by atoms with Crippen LogP contribution in [0.3, 0.4) is 0 Å². The van der Waals surface area contributed by atoms with Crippen molar-refractivity contribution in [3.63, 3.8) is 0 Å². The van der Waals surface area contributed by atoms with Gasteiger partial charge in [-0.25, -0.2) is 0 Å². The summed E-state index contributed by atoms with van der Waals surface area (Å²) in [6.07, 6.45) is -2.02. The van der Waals surface area contributed by atoms with Gasteiger partial charge in [-0.1, -0.05) is 24.3 Å². The average molecular weight is 276 g/mol. The first-order valence-electron chi connectivity index (χ1n) is 6.15. The van der Waals surface area contributed by atoms with Gasteiger partial charge in [0, 0.05) is 0 Å². The van der Waals surface area contributed by atoms with E-state index in [4.69, 9.17) is 9.47 Å². The zero-order valence-electron chi connectivity index (χ0n) is 10.9. The Balaban J connectivity index is 2.16. The predicted octanol–water partition coefficient (Wildman–Crippen LogP) is 2.26. The van der Waals surface area contributed by atoms with E-state index >= 15 is 0 Å². The molecule has 0 radical (unpaired) electrons. The first-order chi connectivity index (χ1) is 9.58. The average Bonchev–Trinajstić information content (AvgIpc) is 2.42. The van der Waals surface area contributed by atoms with Crippen LogP contribution in [0.5, 0.6) is 23.0 Å². The van der Waals surface area contributed by atoms with Crippen LogP contribution in [0.25, 0.3) is 0 Å². The molecule has 0 heterocycles. The SMILES string of the molecule is CC(O)C(Oc1ccccc1O)Oc1ccccc1O. The summed E-state index contributed by atoms with van der Waals surface area (Å²) in [6, 6.07) is 12.7. The first kappa shape index (κ1) is 14.0. The molecular weight excluding hydrogens is 260 g/mol. The summed E-state index contributed by atoms with van der Waals surface area (Å²) in [5.41, 5.74) is 0. The Labute approximate surface area is 116 Å². The van der Waals surface area contributed by atoms with Crippen LogP contribution in [0.4, 0.5) is 0 Å². The summed E-state index contributed by atoms with van der Waals surface area (Å²) < 4.78 is 10.9. The van der Waals surface area contributed by atoms with E-state index < -0.39 is 12.4 Å². The van der Waals surface area contributed by atoms with Gasteiger partial charge in [0.05, 0.1) is 0 Å². The summed E-state index contributed by atoms with van der Waals surface area (Å²) >= 11 is 0. The second-order valence-electron chi connectivity index (χ2n) is 4.28. The number of rotatable bonds is 5. The molecule has 0 aliphatic carbocycles. The number of phenols is 2. The van der Waals surface area contributed by atoms with Gasteiger partial charge in [-0.05, 0) is 31.2 Å². The third kappa shape index (κ3) is 3.33. The van der Waals surface area contributed by atoms with Gasteiger partial charge in [0.25, 0.3) is 6.29 Å². The number of ether oxygens (including phenoxy) is 2. The van der Waals surface area contributed by atoms with E-state index in [0.29, 0.717) is 0 Å². The van der Waals surface area contributed by atoms with Gasteiger partial charge in [0.1, 0.15) is 6.10 Å². The lowest BCUT2D eigenvalue weighted by atomic mass is 10.3. The largest absolute Gasteiger partial charge is 0.504 e. The maximum atomic E-state index is 9.70. The Bertz CT molecular complexity index is 520. The lowest BCUT2D eigenvalue weighted by Crippen LogP contribution is -2.35. The monoisotopic (exact) mass is 276 g/mol. The second-order valence-corrected chi connectivity index (χ2v) is 4.28. The zero-order chi connectivity index (χ0) is 14.5. The minimum absolute atomic E-state index is 0.0565. The van der Waals surface area contributed by atoms with Gasteiger partial charge in [-0.15, -0.1) is 0 Å². The number of para-hydroxylation sites is 4. The molecule has 0 aliphatic heterocycles. The van der Waals surface area contributed by atoms with Crippen molar-refractivity contribution < 1.29 is 24.8 Å². The van der Waals surface area contributed by atoms with Crippen LogP contribution < -0.4 is 9.47 Å². The highest BCUT2D eigenvalue weighted by Gasteiger charge is 2.21. The maximum Gasteiger partial charge on any atom is 0.266 e. The molecule has 20 heavy (non-hydrogen) atoms. The highest BCUT2D eigenvalue weighted by atomic mass is 16.7. The molecule has 0 aromatic heterocycles. The fraction of sp³-hybridized carbons (Fsp3) is 0.200. The van der Waals surface area contributed by atoms with E-state index in [1.54, 1.807) is 36.4 Å². The minimum Gasteiger partial charge on any atom is -0.504 e. The number of phenolic OH excluding ortho intramolecular Hbond substituents is 2. The summed E-state index contributed by atoms with van der Waals surface area (Å²) in [5.74, 6) is 0.265. The summed E-state index contributed by atoms with van der Waals surface area (Å²) in [5, 5.41) is 29.0. The molecule has 1 atom stereocenters. The molecule has 0 bridgehead atoms. The highest BCUT2D eigenvalue weighted by Crippen LogP contribution is 2.29. The van der Waals surface area contributed by atoms with E-state index in [1.165, 1.54) is 19.1 Å². The van der Waals surface area contributed by atoms with E-state index in [2.05, 4.69) is 0 Å². The molecule has 0 saturated carbocycles. The predicted molar refractivity (Wildman–Crippen MR) is 72.9 cm³/mol. The van der Waals surface area contributed by atoms with Crippen molar-refractivity contribution in [3.8, 4) is 23.0 Å². The highest BCUT2D eigenvalue weighted by molar-refractivity contribution is 5.39. The number of hydrogen-bond acceptors (Lipinski definition) is 5. The molecule has 0 spiro atoms. The van der Waals surface area contributed by atoms with Crippen molar-refractivity contribution in [1.82, 2.24) is 0 Å². The zero-order valence-corrected chi connectivity index (χ0v) is 10.9. The molecule has 2 aromatic rings. The Kier molecular flexibility index (Phi) is 4.32. The van der Waals surface area contributed by atoms with Gasteiger partial charge in [-0.2, -0.15) is 0 Å². The number of aromatic hydroxyl groups is 2. The van der Waals surface area contributed by atoms with Gasteiger partial charge in [0.2, 0.25) is 0 Å². The van der Waals surface area contributed by atoms with Crippen molar-refractivity contribution in [2.75, 3.05) is 0 Å². The standard InChI is InChI=1S/C15H16O5/c1-10(16)15(19-13-8-4-2-6-11(13)17)20-14-9-5-3-7-12(14)18/h2-10,15-18H,1H3. The third-order valence-corrected chi connectivity index (χ3v) is 2.61. The Hall–Kier alpha value is -2.40. The van der Waals surface area contributed by atoms with E-state index in [9.17, 15) is 15.3 Å². The molecule has 3 N–H and O–H groups in total. The smallest absolute Gasteiger partial charge is 0.266 e. The molecule has 106 valence electrons. The van der Waals surface area contributed by atoms with Crippen LogP contribution in [0.2, 0.25) is 0 Å². The second kappa shape index (κ2) is 6.16. The van der Waals surface area contributed by atoms with Crippen molar-refractivity contribution in [1.29, 1.82) is 0 Å². The molecule has 2 aromatic carbocycles. The lowest BCUT2D eigenvalue weighted by Gasteiger charge is -2.23. The van der Waals surface area contributed by atoms with E-state index in [-0.39, 0.29) is 23.0 Å². The summed E-state index contributed by atoms with van der Waals surface area (Å²) in [6.45, 7) is 1.49. The molecule has 0 saturated heterocycles. The summed E-state index contributed by atoms with van der Waals surface area (Å²) in [4.78, 5) is 0. The normalized spacial score (nSPS) is 12.2. The molecule has 1 unspecified atom stereocenters. The Morgan fingerprint density at radius 3 is 1.55 bits per heavy atom. The molecule has 5 heteroatoms. The fourth-order valence-electron chi connectivity index (χ4n) is 1.58. The number of benzene rings is 2. The minimum atomic E-state index is -1.06. The number of aliphatic hydroxyl groups excluding tert-OH is 1. The van der Waals surface area contributed by atoms with Crippen LogP contribution in [-0.4, -0.2) is 27.7 Å². The fourth-order valence-corrected chi connectivity index (χ4v) is 1.58. The number of hydrogen-bond donors (Lipinski definition) is 3. The van der Waals surface area contributed by atoms with Crippen molar-refractivity contribution >= 4 is 0 Å². The van der Waals surface area contributed by atoms with Crippen molar-refractivity contribution in [3.05, 3.63) is 48.5 Å². The summed E-state index contributed by atoms with van der Waals surface area (Å²) in [7, 11) is 0. The van der Waals surface area contributed by atoms with Gasteiger partial charge >= 0.3 is 0 Å². The maximum absolute atomic E-state index is 9.70. The van der Waals surface area contributed by atoms with E-state index in [0.717, 1.165) is 0 Å². The molecule has 5 nitrogen and oxygen atoms in total. The van der Waals surface area contributed by atoms with Crippen molar-refractivity contribution in [2.45, 2.75) is 19.3 Å². The lowest BCUT2D eigenvalue weighted by molar-refractivity contribution is -0.0795. The molecule has 0 amide bonds.